The number of nitriles is 1. The summed E-state index contributed by atoms with van der Waals surface area (Å²) < 4.78 is 10.7. The van der Waals surface area contributed by atoms with E-state index in [9.17, 15) is 25.0 Å². The summed E-state index contributed by atoms with van der Waals surface area (Å²) in [4.78, 5) is 40.8. The lowest BCUT2D eigenvalue weighted by atomic mass is 9.66. The Morgan fingerprint density at radius 3 is 2.55 bits per heavy atom. The van der Waals surface area contributed by atoms with Crippen molar-refractivity contribution >= 4 is 23.1 Å². The molecule has 10 heteroatoms. The molecule has 1 fully saturated rings. The van der Waals surface area contributed by atoms with Crippen molar-refractivity contribution in [1.29, 1.82) is 5.26 Å². The number of fused-ring (bicyclic) bond motifs is 3. The summed E-state index contributed by atoms with van der Waals surface area (Å²) in [5.74, 6) is -1.82. The fraction of sp³-hybridized carbons (Fsp3) is 0.300. The second kappa shape index (κ2) is 10.0. The summed E-state index contributed by atoms with van der Waals surface area (Å²) in [5, 5.41) is 22.3. The first-order chi connectivity index (χ1) is 19.2. The second-order valence-corrected chi connectivity index (χ2v) is 10.1. The van der Waals surface area contributed by atoms with Gasteiger partial charge in [0.25, 0.3) is 0 Å². The van der Waals surface area contributed by atoms with Gasteiger partial charge < -0.3 is 20.1 Å². The highest BCUT2D eigenvalue weighted by molar-refractivity contribution is 6.06. The Morgan fingerprint density at radius 1 is 1.12 bits per heavy atom. The highest BCUT2D eigenvalue weighted by Crippen LogP contribution is 2.57. The van der Waals surface area contributed by atoms with Crippen LogP contribution in [0.25, 0.3) is 0 Å². The van der Waals surface area contributed by atoms with Crippen molar-refractivity contribution in [2.24, 2.45) is 11.1 Å². The van der Waals surface area contributed by atoms with Crippen LogP contribution in [0.2, 0.25) is 0 Å². The van der Waals surface area contributed by atoms with Crippen molar-refractivity contribution in [3.8, 4) is 17.6 Å². The zero-order valence-corrected chi connectivity index (χ0v) is 22.3. The number of nitrogens with zero attached hydrogens (tertiary/aromatic N) is 3. The van der Waals surface area contributed by atoms with Gasteiger partial charge in [-0.15, -0.1) is 0 Å². The third-order valence-corrected chi connectivity index (χ3v) is 8.14. The van der Waals surface area contributed by atoms with Crippen molar-refractivity contribution in [2.75, 3.05) is 19.1 Å². The lowest BCUT2D eigenvalue weighted by Crippen LogP contribution is -2.50. The summed E-state index contributed by atoms with van der Waals surface area (Å²) >= 11 is 0. The lowest BCUT2D eigenvalue weighted by Gasteiger charge is -2.39. The predicted molar refractivity (Wildman–Crippen MR) is 147 cm³/mol. The Kier molecular flexibility index (Phi) is 6.67. The highest BCUT2D eigenvalue weighted by atomic mass is 16.6. The molecule has 2 N–H and O–H groups in total. The number of aryl methyl sites for hydroxylation is 2. The molecule has 0 spiro atoms. The summed E-state index contributed by atoms with van der Waals surface area (Å²) in [6.07, 6.45) is 1.00. The molecular weight excluding hydrogens is 512 g/mol. The van der Waals surface area contributed by atoms with Gasteiger partial charge >= 0.3 is 5.69 Å². The molecule has 40 heavy (non-hydrogen) atoms. The Bertz CT molecular complexity index is 1580. The molecule has 0 aliphatic carbocycles. The third kappa shape index (κ3) is 3.93. The minimum absolute atomic E-state index is 0.0488. The van der Waals surface area contributed by atoms with Crippen LogP contribution < -0.4 is 20.1 Å². The van der Waals surface area contributed by atoms with Crippen molar-refractivity contribution in [1.82, 2.24) is 0 Å². The minimum atomic E-state index is -1.82. The Morgan fingerprint density at radius 2 is 1.90 bits per heavy atom. The molecule has 1 amide bonds. The molecule has 2 heterocycles. The van der Waals surface area contributed by atoms with E-state index in [1.54, 1.807) is 24.3 Å². The Hall–Kier alpha value is -4.91. The fourth-order valence-electron chi connectivity index (χ4n) is 6.40. The molecule has 3 aromatic carbocycles. The largest absolute Gasteiger partial charge is 0.497 e. The van der Waals surface area contributed by atoms with Gasteiger partial charge in [0.05, 0.1) is 31.3 Å². The van der Waals surface area contributed by atoms with Crippen LogP contribution in [0.4, 0.5) is 11.4 Å². The number of benzene rings is 3. The number of carbonyl (C=O) groups is 2. The zero-order chi connectivity index (χ0) is 28.8. The van der Waals surface area contributed by atoms with Gasteiger partial charge in [0, 0.05) is 23.2 Å². The van der Waals surface area contributed by atoms with Crippen LogP contribution in [0.3, 0.4) is 0 Å². The topological polar surface area (TPSA) is 149 Å². The molecule has 10 nitrogen and oxygen atoms in total. The van der Waals surface area contributed by atoms with E-state index >= 15 is 0 Å². The van der Waals surface area contributed by atoms with Gasteiger partial charge in [0.15, 0.2) is 16.9 Å². The number of hydrogen-bond acceptors (Lipinski definition) is 8. The van der Waals surface area contributed by atoms with E-state index in [1.807, 2.05) is 30.0 Å². The van der Waals surface area contributed by atoms with Gasteiger partial charge in [-0.2, -0.15) is 5.26 Å². The van der Waals surface area contributed by atoms with Crippen LogP contribution in [0.15, 0.2) is 60.7 Å². The van der Waals surface area contributed by atoms with Gasteiger partial charge in [-0.05, 0) is 55.2 Å². The normalized spacial score (nSPS) is 22.9. The van der Waals surface area contributed by atoms with E-state index < -0.39 is 34.2 Å². The number of rotatable bonds is 7. The maximum Gasteiger partial charge on any atom is 0.310 e. The molecule has 0 saturated carbocycles. The monoisotopic (exact) mass is 540 g/mol. The number of hydrogen-bond donors (Lipinski definition) is 1. The number of ether oxygens (including phenoxy) is 2. The molecule has 2 aliphatic heterocycles. The van der Waals surface area contributed by atoms with Crippen LogP contribution in [0, 0.1) is 33.8 Å². The maximum absolute atomic E-state index is 14.5. The third-order valence-electron chi connectivity index (χ3n) is 8.14. The van der Waals surface area contributed by atoms with Crippen molar-refractivity contribution in [2.45, 2.75) is 37.8 Å². The van der Waals surface area contributed by atoms with E-state index in [1.165, 1.54) is 32.4 Å². The number of Topliss-reactive ketones (excluding diaryl/α,β-unsaturated/α-hetero) is 1. The molecular formula is C30H28N4O6. The van der Waals surface area contributed by atoms with E-state index in [-0.39, 0.29) is 17.2 Å². The molecule has 5 rings (SSSR count). The Labute approximate surface area is 231 Å². The van der Waals surface area contributed by atoms with E-state index in [0.717, 1.165) is 16.8 Å². The molecule has 4 atom stereocenters. The number of primary amides is 1. The van der Waals surface area contributed by atoms with Crippen molar-refractivity contribution in [3.05, 3.63) is 93.0 Å². The number of methoxy groups -OCH3 is 2. The molecule has 0 unspecified atom stereocenters. The number of carbonyl (C=O) groups excluding carboxylic acids is 2. The second-order valence-electron chi connectivity index (χ2n) is 10.1. The summed E-state index contributed by atoms with van der Waals surface area (Å²) in [6.45, 7) is 1.98. The summed E-state index contributed by atoms with van der Waals surface area (Å²) in [5.41, 5.74) is 7.46. The molecule has 1 saturated heterocycles. The number of ketones is 1. The molecule has 3 aromatic rings. The molecule has 204 valence electrons. The van der Waals surface area contributed by atoms with Crippen molar-refractivity contribution < 1.29 is 24.0 Å². The Balaban J connectivity index is 1.81. The van der Waals surface area contributed by atoms with Crippen molar-refractivity contribution in [3.63, 3.8) is 0 Å². The summed E-state index contributed by atoms with van der Waals surface area (Å²) in [7, 11) is 2.80. The molecule has 2 aliphatic rings. The van der Waals surface area contributed by atoms with Crippen LogP contribution in [-0.4, -0.2) is 42.9 Å². The van der Waals surface area contributed by atoms with Gasteiger partial charge in [-0.3, -0.25) is 19.7 Å². The molecule has 0 aromatic heterocycles. The first kappa shape index (κ1) is 26.7. The number of nitrogens with two attached hydrogens (primary N) is 1. The first-order valence-corrected chi connectivity index (χ1v) is 12.8. The number of anilines is 1. The maximum atomic E-state index is 14.5. The molecule has 0 radical (unpaired) electrons. The van der Waals surface area contributed by atoms with E-state index in [4.69, 9.17) is 15.2 Å². The van der Waals surface area contributed by atoms with Crippen LogP contribution >= 0.6 is 0 Å². The van der Waals surface area contributed by atoms with Crippen LogP contribution in [-0.2, 0) is 11.2 Å². The van der Waals surface area contributed by atoms with Gasteiger partial charge in [0.1, 0.15) is 11.8 Å². The quantitative estimate of drug-likeness (QED) is 0.268. The standard InChI is InChI=1S/C30H28N4O6/c1-17-7-10-22-18(13-17)9-12-25-30(16-31,29(32)36)26(19-8-11-23(34(37)38)24(15-19)40-3)27(33(22)25)28(35)20-5-4-6-21(14-20)39-2/h4-8,10-11,13-15,25-27H,9,12H2,1-3H3,(H2,32,36)/t25-,26-,27+,30-/m1/s1. The van der Waals surface area contributed by atoms with Gasteiger partial charge in [-0.1, -0.05) is 35.9 Å². The predicted octanol–water partition coefficient (Wildman–Crippen LogP) is 4.09. The fourth-order valence-corrected chi connectivity index (χ4v) is 6.40. The smallest absolute Gasteiger partial charge is 0.310 e. The zero-order valence-electron chi connectivity index (χ0n) is 22.3. The van der Waals surface area contributed by atoms with Gasteiger partial charge in [0.2, 0.25) is 5.91 Å². The van der Waals surface area contributed by atoms with E-state index in [0.29, 0.717) is 29.7 Å². The molecule has 0 bridgehead atoms. The average Bonchev–Trinajstić information content (AvgIpc) is 3.27. The first-order valence-electron chi connectivity index (χ1n) is 12.8. The number of amides is 1. The van der Waals surface area contributed by atoms with Crippen LogP contribution in [0.1, 0.15) is 39.4 Å². The van der Waals surface area contributed by atoms with Gasteiger partial charge in [-0.25, -0.2) is 0 Å². The summed E-state index contributed by atoms with van der Waals surface area (Å²) in [6, 6.07) is 17.2. The van der Waals surface area contributed by atoms with E-state index in [2.05, 4.69) is 6.07 Å². The van der Waals surface area contributed by atoms with Crippen LogP contribution in [0.5, 0.6) is 11.5 Å². The highest BCUT2D eigenvalue weighted by Gasteiger charge is 2.66. The SMILES string of the molecule is COc1cccc(C(=O)[C@@H]2[C@@H](c3ccc([N+](=O)[O-])c(OC)c3)[C@](C#N)(C(N)=O)[C@H]3CCc4cc(C)ccc4N23)c1. The lowest BCUT2D eigenvalue weighted by molar-refractivity contribution is -0.385. The minimum Gasteiger partial charge on any atom is -0.497 e. The number of nitro benzene ring substituents is 1. The number of nitro groups is 1. The average molecular weight is 541 g/mol.